The molecule has 1 amide bonds. The summed E-state index contributed by atoms with van der Waals surface area (Å²) in [6, 6.07) is 14.5. The Morgan fingerprint density at radius 1 is 1.10 bits per heavy atom. The summed E-state index contributed by atoms with van der Waals surface area (Å²) in [6.45, 7) is 5.74. The van der Waals surface area contributed by atoms with Gasteiger partial charge in [-0.25, -0.2) is 9.79 Å². The van der Waals surface area contributed by atoms with Gasteiger partial charge in [-0.1, -0.05) is 53.2 Å². The molecular weight excluding hydrogens is 408 g/mol. The maximum Gasteiger partial charge on any atom is 0.337 e. The van der Waals surface area contributed by atoms with E-state index in [0.29, 0.717) is 27.0 Å². The molecule has 29 heavy (non-hydrogen) atoms. The molecule has 0 saturated carbocycles. The third kappa shape index (κ3) is 5.08. The van der Waals surface area contributed by atoms with Gasteiger partial charge in [-0.05, 0) is 50.6 Å². The van der Waals surface area contributed by atoms with Crippen molar-refractivity contribution in [2.45, 2.75) is 26.0 Å². The second-order valence-corrected chi connectivity index (χ2v) is 8.04. The van der Waals surface area contributed by atoms with Gasteiger partial charge in [0, 0.05) is 10.6 Å². The SMILES string of the molecule is CCOC(=O)C1=C(C)N=C(NC(=O)c2ccc(C)cc2)S[C@H]1c1ccc(Cl)cc1. The highest BCUT2D eigenvalue weighted by atomic mass is 35.5. The van der Waals surface area contributed by atoms with Gasteiger partial charge >= 0.3 is 5.97 Å². The topological polar surface area (TPSA) is 67.8 Å². The van der Waals surface area contributed by atoms with E-state index in [-0.39, 0.29) is 17.8 Å². The van der Waals surface area contributed by atoms with E-state index in [2.05, 4.69) is 10.3 Å². The number of aryl methyl sites for hydroxylation is 1. The maximum atomic E-state index is 12.6. The molecule has 1 aliphatic rings. The van der Waals surface area contributed by atoms with Gasteiger partial charge in [-0.15, -0.1) is 0 Å². The summed E-state index contributed by atoms with van der Waals surface area (Å²) in [5.41, 5.74) is 3.47. The Morgan fingerprint density at radius 3 is 2.38 bits per heavy atom. The normalized spacial score (nSPS) is 16.3. The number of nitrogens with zero attached hydrogens (tertiary/aromatic N) is 1. The summed E-state index contributed by atoms with van der Waals surface area (Å²) >= 11 is 7.31. The molecule has 0 saturated heterocycles. The van der Waals surface area contributed by atoms with Crippen LogP contribution in [0.15, 0.2) is 64.8 Å². The van der Waals surface area contributed by atoms with E-state index < -0.39 is 5.97 Å². The zero-order valence-corrected chi connectivity index (χ0v) is 17.9. The number of amides is 1. The van der Waals surface area contributed by atoms with Gasteiger partial charge in [0.05, 0.1) is 23.1 Å². The number of esters is 1. The van der Waals surface area contributed by atoms with Crippen LogP contribution < -0.4 is 5.32 Å². The molecule has 150 valence electrons. The number of nitrogens with one attached hydrogen (secondary N) is 1. The molecule has 0 unspecified atom stereocenters. The number of amidine groups is 1. The van der Waals surface area contributed by atoms with Crippen LogP contribution in [0.5, 0.6) is 0 Å². The summed E-state index contributed by atoms with van der Waals surface area (Å²) in [5, 5.41) is 3.52. The number of thioether (sulfide) groups is 1. The second-order valence-electron chi connectivity index (χ2n) is 6.51. The molecule has 0 spiro atoms. The molecule has 2 aromatic rings. The van der Waals surface area contributed by atoms with Gasteiger partial charge < -0.3 is 10.1 Å². The van der Waals surface area contributed by atoms with Crippen molar-refractivity contribution >= 4 is 40.4 Å². The summed E-state index contributed by atoms with van der Waals surface area (Å²) in [4.78, 5) is 29.6. The first kappa shape index (κ1) is 21.1. The molecule has 5 nitrogen and oxygen atoms in total. The molecule has 2 aromatic carbocycles. The van der Waals surface area contributed by atoms with E-state index in [1.807, 2.05) is 31.2 Å². The Labute approximate surface area is 179 Å². The van der Waals surface area contributed by atoms with Crippen molar-refractivity contribution in [3.63, 3.8) is 0 Å². The number of benzene rings is 2. The summed E-state index contributed by atoms with van der Waals surface area (Å²) < 4.78 is 5.23. The molecule has 1 aliphatic heterocycles. The first-order chi connectivity index (χ1) is 13.9. The van der Waals surface area contributed by atoms with Crippen molar-refractivity contribution in [2.75, 3.05) is 6.61 Å². The molecule has 1 heterocycles. The Morgan fingerprint density at radius 2 is 1.76 bits per heavy atom. The van der Waals surface area contributed by atoms with Crippen LogP contribution in [0.1, 0.15) is 40.6 Å². The van der Waals surface area contributed by atoms with E-state index >= 15 is 0 Å². The third-order valence-corrected chi connectivity index (χ3v) is 5.77. The largest absolute Gasteiger partial charge is 0.463 e. The Balaban J connectivity index is 1.92. The van der Waals surface area contributed by atoms with Gasteiger partial charge in [0.15, 0.2) is 5.17 Å². The van der Waals surface area contributed by atoms with Crippen LogP contribution in [-0.2, 0) is 9.53 Å². The van der Waals surface area contributed by atoms with Crippen LogP contribution in [0.2, 0.25) is 5.02 Å². The predicted molar refractivity (Wildman–Crippen MR) is 117 cm³/mol. The molecule has 3 rings (SSSR count). The van der Waals surface area contributed by atoms with Crippen molar-refractivity contribution < 1.29 is 14.3 Å². The fourth-order valence-corrected chi connectivity index (χ4v) is 4.24. The van der Waals surface area contributed by atoms with Crippen LogP contribution in [0.4, 0.5) is 0 Å². The molecule has 0 aromatic heterocycles. The smallest absolute Gasteiger partial charge is 0.337 e. The van der Waals surface area contributed by atoms with E-state index in [4.69, 9.17) is 16.3 Å². The number of ether oxygens (including phenoxy) is 1. The predicted octanol–water partition coefficient (Wildman–Crippen LogP) is 5.06. The molecule has 0 bridgehead atoms. The van der Waals surface area contributed by atoms with Gasteiger partial charge in [0.2, 0.25) is 0 Å². The van der Waals surface area contributed by atoms with Crippen LogP contribution in [0.25, 0.3) is 0 Å². The molecule has 1 N–H and O–H groups in total. The van der Waals surface area contributed by atoms with Crippen LogP contribution in [-0.4, -0.2) is 23.7 Å². The quantitative estimate of drug-likeness (QED) is 0.691. The second kappa shape index (κ2) is 9.29. The van der Waals surface area contributed by atoms with Crippen LogP contribution >= 0.6 is 23.4 Å². The average Bonchev–Trinajstić information content (AvgIpc) is 2.68. The highest BCUT2D eigenvalue weighted by Gasteiger charge is 2.32. The minimum atomic E-state index is -0.412. The first-order valence-electron chi connectivity index (χ1n) is 9.15. The lowest BCUT2D eigenvalue weighted by Crippen LogP contribution is -2.31. The van der Waals surface area contributed by atoms with Gasteiger partial charge in [-0.3, -0.25) is 4.79 Å². The van der Waals surface area contributed by atoms with Crippen LogP contribution in [0.3, 0.4) is 0 Å². The number of carbonyl (C=O) groups is 2. The van der Waals surface area contributed by atoms with Crippen molar-refractivity contribution in [2.24, 2.45) is 4.99 Å². The highest BCUT2D eigenvalue weighted by molar-refractivity contribution is 8.14. The zero-order valence-electron chi connectivity index (χ0n) is 16.4. The van der Waals surface area contributed by atoms with E-state index in [1.165, 1.54) is 11.8 Å². The van der Waals surface area contributed by atoms with E-state index in [9.17, 15) is 9.59 Å². The number of hydrogen-bond acceptors (Lipinski definition) is 5. The minimum absolute atomic E-state index is 0.251. The lowest BCUT2D eigenvalue weighted by atomic mass is 10.0. The molecule has 0 aliphatic carbocycles. The highest BCUT2D eigenvalue weighted by Crippen LogP contribution is 2.42. The first-order valence-corrected chi connectivity index (χ1v) is 10.4. The van der Waals surface area contributed by atoms with Gasteiger partial charge in [0.25, 0.3) is 5.91 Å². The van der Waals surface area contributed by atoms with Gasteiger partial charge in [0.1, 0.15) is 0 Å². The summed E-state index contributed by atoms with van der Waals surface area (Å²) in [5.74, 6) is -0.663. The number of halogens is 1. The Kier molecular flexibility index (Phi) is 6.77. The standard InChI is InChI=1S/C22H21ClN2O3S/c1-4-28-21(27)18-14(3)24-22(25-20(26)16-7-5-13(2)6-8-16)29-19(18)15-9-11-17(23)12-10-15/h5-12,19H,4H2,1-3H3,(H,24,25,26)/t19-/m0/s1. The number of rotatable bonds is 4. The zero-order chi connectivity index (χ0) is 21.0. The Hall–Kier alpha value is -2.57. The monoisotopic (exact) mass is 428 g/mol. The molecule has 0 fully saturated rings. The molecule has 0 radical (unpaired) electrons. The Bertz CT molecular complexity index is 982. The summed E-state index contributed by atoms with van der Waals surface area (Å²) in [7, 11) is 0. The fraction of sp³-hybridized carbons (Fsp3) is 0.227. The lowest BCUT2D eigenvalue weighted by Gasteiger charge is -2.25. The minimum Gasteiger partial charge on any atom is -0.463 e. The molecule has 7 heteroatoms. The van der Waals surface area contributed by atoms with Crippen molar-refractivity contribution in [3.05, 3.63) is 81.5 Å². The number of aliphatic imine (C=N–C) groups is 1. The molecule has 1 atom stereocenters. The van der Waals surface area contributed by atoms with Crippen LogP contribution in [0, 0.1) is 6.92 Å². The summed E-state index contributed by atoms with van der Waals surface area (Å²) in [6.07, 6.45) is 0. The maximum absolute atomic E-state index is 12.6. The van der Waals surface area contributed by atoms with Crippen molar-refractivity contribution in [3.8, 4) is 0 Å². The van der Waals surface area contributed by atoms with Gasteiger partial charge in [-0.2, -0.15) is 0 Å². The van der Waals surface area contributed by atoms with E-state index in [0.717, 1.165) is 11.1 Å². The average molecular weight is 429 g/mol. The van der Waals surface area contributed by atoms with E-state index in [1.54, 1.807) is 38.1 Å². The van der Waals surface area contributed by atoms with Crippen molar-refractivity contribution in [1.29, 1.82) is 0 Å². The lowest BCUT2D eigenvalue weighted by molar-refractivity contribution is -0.138. The molecular formula is C22H21ClN2O3S. The number of allylic oxidation sites excluding steroid dienone is 1. The number of hydrogen-bond donors (Lipinski definition) is 1. The fourth-order valence-electron chi connectivity index (χ4n) is 2.87. The third-order valence-electron chi connectivity index (χ3n) is 4.35. The number of carbonyl (C=O) groups excluding carboxylic acids is 2. The van der Waals surface area contributed by atoms with Crippen molar-refractivity contribution in [1.82, 2.24) is 5.32 Å².